The van der Waals surface area contributed by atoms with Crippen LogP contribution < -0.4 is 10.6 Å². The zero-order valence-electron chi connectivity index (χ0n) is 13.3. The first-order valence-electron chi connectivity index (χ1n) is 7.06. The van der Waals surface area contributed by atoms with Crippen LogP contribution in [0.3, 0.4) is 0 Å². The molecule has 0 aliphatic heterocycles. The summed E-state index contributed by atoms with van der Waals surface area (Å²) in [5, 5.41) is 5.39. The molecule has 0 unspecified atom stereocenters. The number of aryl methyl sites for hydroxylation is 2. The number of methoxy groups -OCH3 is 1. The van der Waals surface area contributed by atoms with Crippen LogP contribution in [0.15, 0.2) is 18.2 Å². The minimum atomic E-state index is -0.637. The molecular weight excluding hydrogens is 268 g/mol. The van der Waals surface area contributed by atoms with Crippen LogP contribution in [-0.2, 0) is 9.53 Å². The number of ether oxygens (including phenoxy) is 1. The lowest BCUT2D eigenvalue weighted by molar-refractivity contribution is -0.143. The van der Waals surface area contributed by atoms with E-state index in [1.807, 2.05) is 45.9 Å². The summed E-state index contributed by atoms with van der Waals surface area (Å²) in [6, 6.07) is 4.62. The molecular formula is C16H24N2O3. The van der Waals surface area contributed by atoms with E-state index < -0.39 is 18.0 Å². The highest BCUT2D eigenvalue weighted by Gasteiger charge is 2.22. The Hall–Kier alpha value is -2.04. The highest BCUT2D eigenvalue weighted by atomic mass is 16.5. The average molecular weight is 292 g/mol. The lowest BCUT2D eigenvalue weighted by Crippen LogP contribution is -2.44. The van der Waals surface area contributed by atoms with E-state index in [4.69, 9.17) is 4.74 Å². The molecule has 2 amide bonds. The van der Waals surface area contributed by atoms with Gasteiger partial charge in [-0.2, -0.15) is 0 Å². The highest BCUT2D eigenvalue weighted by Crippen LogP contribution is 2.14. The zero-order chi connectivity index (χ0) is 16.0. The third kappa shape index (κ3) is 5.45. The van der Waals surface area contributed by atoms with Crippen molar-refractivity contribution in [3.8, 4) is 0 Å². The van der Waals surface area contributed by atoms with Crippen molar-refractivity contribution in [2.75, 3.05) is 12.4 Å². The molecule has 0 saturated carbocycles. The molecule has 5 heteroatoms. The molecule has 2 N–H and O–H groups in total. The number of urea groups is 1. The van der Waals surface area contributed by atoms with E-state index in [1.165, 1.54) is 7.11 Å². The first-order chi connectivity index (χ1) is 9.83. The average Bonchev–Trinajstić information content (AvgIpc) is 2.40. The normalized spacial score (nSPS) is 11.9. The molecule has 5 nitrogen and oxygen atoms in total. The van der Waals surface area contributed by atoms with Gasteiger partial charge in [-0.25, -0.2) is 9.59 Å². The smallest absolute Gasteiger partial charge is 0.328 e. The molecule has 0 radical (unpaired) electrons. The number of nitrogens with one attached hydrogen (secondary N) is 2. The Morgan fingerprint density at radius 3 is 2.38 bits per heavy atom. The molecule has 1 rings (SSSR count). The number of amides is 2. The monoisotopic (exact) mass is 292 g/mol. The maximum absolute atomic E-state index is 12.0. The highest BCUT2D eigenvalue weighted by molar-refractivity contribution is 5.92. The minimum absolute atomic E-state index is 0.274. The van der Waals surface area contributed by atoms with Crippen LogP contribution in [0.5, 0.6) is 0 Å². The molecule has 0 fully saturated rings. The zero-order valence-corrected chi connectivity index (χ0v) is 13.3. The summed E-state index contributed by atoms with van der Waals surface area (Å²) in [6.45, 7) is 7.96. The van der Waals surface area contributed by atoms with Crippen LogP contribution in [0, 0.1) is 19.8 Å². The molecule has 0 bridgehead atoms. The molecule has 1 aromatic rings. The van der Waals surface area contributed by atoms with Crippen molar-refractivity contribution in [1.82, 2.24) is 5.32 Å². The first-order valence-corrected chi connectivity index (χ1v) is 7.06. The summed E-state index contributed by atoms with van der Waals surface area (Å²) in [5.74, 6) is -0.157. The van der Waals surface area contributed by atoms with Crippen molar-refractivity contribution in [1.29, 1.82) is 0 Å². The lowest BCUT2D eigenvalue weighted by atomic mass is 10.0. The van der Waals surface area contributed by atoms with Crippen LogP contribution in [-0.4, -0.2) is 25.2 Å². The van der Waals surface area contributed by atoms with Crippen molar-refractivity contribution < 1.29 is 14.3 Å². The predicted molar refractivity (Wildman–Crippen MR) is 83.3 cm³/mol. The van der Waals surface area contributed by atoms with Crippen molar-refractivity contribution >= 4 is 17.7 Å². The van der Waals surface area contributed by atoms with Gasteiger partial charge in [-0.05, 0) is 49.4 Å². The van der Waals surface area contributed by atoms with Gasteiger partial charge in [-0.1, -0.05) is 19.9 Å². The van der Waals surface area contributed by atoms with Crippen LogP contribution in [0.2, 0.25) is 0 Å². The second-order valence-corrected chi connectivity index (χ2v) is 5.60. The standard InChI is InChI=1S/C16H24N2O3/c1-10(2)8-14(15(19)21-5)18-16(20)17-13-7-6-11(3)12(4)9-13/h6-7,9-10,14H,8H2,1-5H3,(H2,17,18,20)/t14-/m0/s1. The SMILES string of the molecule is COC(=O)[C@H](CC(C)C)NC(=O)Nc1ccc(C)c(C)c1. The van der Waals surface area contributed by atoms with Gasteiger partial charge in [-0.15, -0.1) is 0 Å². The van der Waals surface area contributed by atoms with Crippen LogP contribution in [0.4, 0.5) is 10.5 Å². The van der Waals surface area contributed by atoms with E-state index in [1.54, 1.807) is 0 Å². The number of carbonyl (C=O) groups excluding carboxylic acids is 2. The van der Waals surface area contributed by atoms with Gasteiger partial charge in [0.25, 0.3) is 0 Å². The Morgan fingerprint density at radius 2 is 1.86 bits per heavy atom. The lowest BCUT2D eigenvalue weighted by Gasteiger charge is -2.18. The summed E-state index contributed by atoms with van der Waals surface area (Å²) in [5.41, 5.74) is 2.96. The quantitative estimate of drug-likeness (QED) is 0.820. The maximum Gasteiger partial charge on any atom is 0.328 e. The fourth-order valence-electron chi connectivity index (χ4n) is 1.97. The molecule has 0 aliphatic carbocycles. The van der Waals surface area contributed by atoms with E-state index in [0.717, 1.165) is 11.1 Å². The fraction of sp³-hybridized carbons (Fsp3) is 0.500. The van der Waals surface area contributed by atoms with E-state index in [-0.39, 0.29) is 5.92 Å². The Kier molecular flexibility index (Phi) is 6.21. The van der Waals surface area contributed by atoms with Gasteiger partial charge in [0.2, 0.25) is 0 Å². The summed E-state index contributed by atoms with van der Waals surface area (Å²) >= 11 is 0. The third-order valence-electron chi connectivity index (χ3n) is 3.26. The number of benzene rings is 1. The molecule has 21 heavy (non-hydrogen) atoms. The molecule has 0 spiro atoms. The molecule has 0 aliphatic rings. The van der Waals surface area contributed by atoms with Gasteiger partial charge < -0.3 is 15.4 Å². The Bertz CT molecular complexity index is 512. The van der Waals surface area contributed by atoms with E-state index in [2.05, 4.69) is 10.6 Å². The van der Waals surface area contributed by atoms with Crippen molar-refractivity contribution in [2.45, 2.75) is 40.2 Å². The predicted octanol–water partition coefficient (Wildman–Crippen LogP) is 3.01. The number of carbonyl (C=O) groups is 2. The number of anilines is 1. The Labute approximate surface area is 126 Å². The summed E-state index contributed by atoms with van der Waals surface area (Å²) in [4.78, 5) is 23.7. The molecule has 1 atom stereocenters. The Balaban J connectivity index is 2.68. The molecule has 0 heterocycles. The molecule has 0 saturated heterocycles. The molecule has 0 aromatic heterocycles. The fourth-order valence-corrected chi connectivity index (χ4v) is 1.97. The maximum atomic E-state index is 12.0. The van der Waals surface area contributed by atoms with Gasteiger partial charge in [-0.3, -0.25) is 0 Å². The largest absolute Gasteiger partial charge is 0.467 e. The second kappa shape index (κ2) is 7.67. The van der Waals surface area contributed by atoms with Crippen molar-refractivity contribution in [3.63, 3.8) is 0 Å². The topological polar surface area (TPSA) is 67.4 Å². The number of hydrogen-bond donors (Lipinski definition) is 2. The first kappa shape index (κ1) is 17.0. The minimum Gasteiger partial charge on any atom is -0.467 e. The third-order valence-corrected chi connectivity index (χ3v) is 3.26. The van der Waals surface area contributed by atoms with Gasteiger partial charge in [0.15, 0.2) is 0 Å². The van der Waals surface area contributed by atoms with E-state index >= 15 is 0 Å². The molecule has 1 aromatic carbocycles. The van der Waals surface area contributed by atoms with Crippen LogP contribution >= 0.6 is 0 Å². The van der Waals surface area contributed by atoms with Crippen LogP contribution in [0.1, 0.15) is 31.4 Å². The van der Waals surface area contributed by atoms with Gasteiger partial charge in [0.05, 0.1) is 7.11 Å². The number of rotatable bonds is 5. The summed E-state index contributed by atoms with van der Waals surface area (Å²) in [7, 11) is 1.32. The van der Waals surface area contributed by atoms with Crippen LogP contribution in [0.25, 0.3) is 0 Å². The molecule has 116 valence electrons. The van der Waals surface area contributed by atoms with Crippen molar-refractivity contribution in [2.24, 2.45) is 5.92 Å². The van der Waals surface area contributed by atoms with Crippen molar-refractivity contribution in [3.05, 3.63) is 29.3 Å². The van der Waals surface area contributed by atoms with Gasteiger partial charge in [0.1, 0.15) is 6.04 Å². The van der Waals surface area contributed by atoms with E-state index in [0.29, 0.717) is 12.1 Å². The van der Waals surface area contributed by atoms with Gasteiger partial charge >= 0.3 is 12.0 Å². The number of esters is 1. The van der Waals surface area contributed by atoms with E-state index in [9.17, 15) is 9.59 Å². The van der Waals surface area contributed by atoms with Gasteiger partial charge in [0, 0.05) is 5.69 Å². The second-order valence-electron chi connectivity index (χ2n) is 5.60. The Morgan fingerprint density at radius 1 is 1.19 bits per heavy atom. The summed E-state index contributed by atoms with van der Waals surface area (Å²) < 4.78 is 4.72. The number of hydrogen-bond acceptors (Lipinski definition) is 3. The summed E-state index contributed by atoms with van der Waals surface area (Å²) in [6.07, 6.45) is 0.535.